The molecule has 1 N–H and O–H groups in total. The van der Waals surface area contributed by atoms with Gasteiger partial charge in [0.1, 0.15) is 11.6 Å². The topological polar surface area (TPSA) is 38.3 Å². The number of carbonyl (C=O) groups excluding carboxylic acids is 1. The third kappa shape index (κ3) is 4.58. The van der Waals surface area contributed by atoms with Crippen molar-refractivity contribution in [2.24, 2.45) is 0 Å². The van der Waals surface area contributed by atoms with Crippen molar-refractivity contribution in [3.05, 3.63) is 65.5 Å². The molecule has 2 rings (SSSR count). The van der Waals surface area contributed by atoms with Crippen LogP contribution in [0, 0.1) is 12.7 Å². The van der Waals surface area contributed by atoms with Gasteiger partial charge in [-0.2, -0.15) is 0 Å². The Morgan fingerprint density at radius 3 is 2.55 bits per heavy atom. The van der Waals surface area contributed by atoms with Gasteiger partial charge in [0, 0.05) is 6.54 Å². The molecular weight excluding hydrogens is 281 g/mol. The SMILES string of the molecule is Cc1ccccc1OCC(=O)NCC(C)c1ccc(F)cc1. The number of carbonyl (C=O) groups is 1. The van der Waals surface area contributed by atoms with Crippen LogP contribution >= 0.6 is 0 Å². The maximum Gasteiger partial charge on any atom is 0.257 e. The monoisotopic (exact) mass is 301 g/mol. The van der Waals surface area contributed by atoms with Gasteiger partial charge >= 0.3 is 0 Å². The van der Waals surface area contributed by atoms with Gasteiger partial charge in [0.05, 0.1) is 0 Å². The number of nitrogens with one attached hydrogen (secondary N) is 1. The third-order valence-corrected chi connectivity index (χ3v) is 3.50. The van der Waals surface area contributed by atoms with E-state index < -0.39 is 0 Å². The summed E-state index contributed by atoms with van der Waals surface area (Å²) in [5.74, 6) is 0.399. The molecule has 0 spiro atoms. The number of ether oxygens (including phenoxy) is 1. The van der Waals surface area contributed by atoms with Crippen molar-refractivity contribution in [3.8, 4) is 5.75 Å². The van der Waals surface area contributed by atoms with Crippen LogP contribution in [0.2, 0.25) is 0 Å². The quantitative estimate of drug-likeness (QED) is 0.887. The van der Waals surface area contributed by atoms with Crippen molar-refractivity contribution >= 4 is 5.91 Å². The van der Waals surface area contributed by atoms with Crippen LogP contribution in [0.15, 0.2) is 48.5 Å². The molecule has 3 nitrogen and oxygen atoms in total. The van der Waals surface area contributed by atoms with E-state index in [0.717, 1.165) is 11.1 Å². The summed E-state index contributed by atoms with van der Waals surface area (Å²) < 4.78 is 18.4. The number of hydrogen-bond donors (Lipinski definition) is 1. The second-order valence-electron chi connectivity index (χ2n) is 5.31. The fraction of sp³-hybridized carbons (Fsp3) is 0.278. The van der Waals surface area contributed by atoms with E-state index >= 15 is 0 Å². The molecule has 0 saturated carbocycles. The fourth-order valence-electron chi connectivity index (χ4n) is 2.09. The Balaban J connectivity index is 1.78. The Kier molecular flexibility index (Phi) is 5.53. The van der Waals surface area contributed by atoms with Crippen molar-refractivity contribution in [1.82, 2.24) is 5.32 Å². The molecule has 0 aliphatic carbocycles. The second-order valence-corrected chi connectivity index (χ2v) is 5.31. The molecule has 116 valence electrons. The van der Waals surface area contributed by atoms with Crippen LogP contribution < -0.4 is 10.1 Å². The summed E-state index contributed by atoms with van der Waals surface area (Å²) in [6.07, 6.45) is 0. The molecule has 2 aromatic carbocycles. The number of halogens is 1. The smallest absolute Gasteiger partial charge is 0.257 e. The van der Waals surface area contributed by atoms with Gasteiger partial charge in [0.15, 0.2) is 6.61 Å². The van der Waals surface area contributed by atoms with E-state index in [0.29, 0.717) is 12.3 Å². The molecular formula is C18H20FNO2. The van der Waals surface area contributed by atoms with E-state index in [1.807, 2.05) is 38.1 Å². The van der Waals surface area contributed by atoms with Crippen molar-refractivity contribution in [3.63, 3.8) is 0 Å². The number of rotatable bonds is 6. The van der Waals surface area contributed by atoms with Crippen LogP contribution in [0.25, 0.3) is 0 Å². The van der Waals surface area contributed by atoms with E-state index in [2.05, 4.69) is 5.32 Å². The molecule has 0 fully saturated rings. The number of para-hydroxylation sites is 1. The van der Waals surface area contributed by atoms with Gasteiger partial charge in [-0.3, -0.25) is 4.79 Å². The molecule has 4 heteroatoms. The lowest BCUT2D eigenvalue weighted by molar-refractivity contribution is -0.123. The van der Waals surface area contributed by atoms with Gasteiger partial charge in [0.2, 0.25) is 0 Å². The first-order chi connectivity index (χ1) is 10.6. The van der Waals surface area contributed by atoms with Crippen LogP contribution in [0.5, 0.6) is 5.75 Å². The molecule has 1 unspecified atom stereocenters. The Morgan fingerprint density at radius 2 is 1.86 bits per heavy atom. The summed E-state index contributed by atoms with van der Waals surface area (Å²) in [6.45, 7) is 4.39. The van der Waals surface area contributed by atoms with Crippen LogP contribution in [-0.2, 0) is 4.79 Å². The van der Waals surface area contributed by atoms with E-state index in [4.69, 9.17) is 4.74 Å². The van der Waals surface area contributed by atoms with Gasteiger partial charge < -0.3 is 10.1 Å². The number of benzene rings is 2. The lowest BCUT2D eigenvalue weighted by Gasteiger charge is -2.14. The van der Waals surface area contributed by atoms with Crippen LogP contribution in [0.1, 0.15) is 24.0 Å². The number of aryl methyl sites for hydroxylation is 1. The molecule has 0 heterocycles. The first kappa shape index (κ1) is 16.0. The zero-order chi connectivity index (χ0) is 15.9. The summed E-state index contributed by atoms with van der Waals surface area (Å²) in [5.41, 5.74) is 1.98. The van der Waals surface area contributed by atoms with Gasteiger partial charge in [-0.05, 0) is 42.2 Å². The number of hydrogen-bond acceptors (Lipinski definition) is 2. The zero-order valence-electron chi connectivity index (χ0n) is 12.8. The molecule has 1 atom stereocenters. The van der Waals surface area contributed by atoms with Crippen molar-refractivity contribution in [2.75, 3.05) is 13.2 Å². The van der Waals surface area contributed by atoms with E-state index in [1.54, 1.807) is 12.1 Å². The first-order valence-corrected chi connectivity index (χ1v) is 7.27. The Labute approximate surface area is 130 Å². The van der Waals surface area contributed by atoms with Gasteiger partial charge in [-0.25, -0.2) is 4.39 Å². The highest BCUT2D eigenvalue weighted by Crippen LogP contribution is 2.16. The normalized spacial score (nSPS) is 11.8. The lowest BCUT2D eigenvalue weighted by Crippen LogP contribution is -2.31. The van der Waals surface area contributed by atoms with Crippen molar-refractivity contribution in [2.45, 2.75) is 19.8 Å². The van der Waals surface area contributed by atoms with E-state index in [9.17, 15) is 9.18 Å². The van der Waals surface area contributed by atoms with Crippen molar-refractivity contribution in [1.29, 1.82) is 0 Å². The summed E-state index contributed by atoms with van der Waals surface area (Å²) in [5, 5.41) is 2.83. The Hall–Kier alpha value is -2.36. The Bertz CT molecular complexity index is 625. The highest BCUT2D eigenvalue weighted by molar-refractivity contribution is 5.77. The highest BCUT2D eigenvalue weighted by atomic mass is 19.1. The first-order valence-electron chi connectivity index (χ1n) is 7.27. The largest absolute Gasteiger partial charge is 0.484 e. The summed E-state index contributed by atoms with van der Waals surface area (Å²) in [4.78, 5) is 11.8. The maximum absolute atomic E-state index is 12.9. The van der Waals surface area contributed by atoms with Crippen molar-refractivity contribution < 1.29 is 13.9 Å². The predicted octanol–water partition coefficient (Wildman–Crippen LogP) is 3.43. The van der Waals surface area contributed by atoms with Crippen LogP contribution in [0.3, 0.4) is 0 Å². The minimum atomic E-state index is -0.258. The summed E-state index contributed by atoms with van der Waals surface area (Å²) >= 11 is 0. The maximum atomic E-state index is 12.9. The molecule has 0 aromatic heterocycles. The molecule has 0 aliphatic rings. The Morgan fingerprint density at radius 1 is 1.18 bits per heavy atom. The van der Waals surface area contributed by atoms with Crippen LogP contribution in [0.4, 0.5) is 4.39 Å². The third-order valence-electron chi connectivity index (χ3n) is 3.50. The minimum absolute atomic E-state index is 0.0129. The highest BCUT2D eigenvalue weighted by Gasteiger charge is 2.09. The standard InChI is InChI=1S/C18H20FNO2/c1-13-5-3-4-6-17(13)22-12-18(21)20-11-14(2)15-7-9-16(19)10-8-15/h3-10,14H,11-12H2,1-2H3,(H,20,21). The summed E-state index contributed by atoms with van der Waals surface area (Å²) in [6, 6.07) is 13.9. The van der Waals surface area contributed by atoms with E-state index in [1.165, 1.54) is 12.1 Å². The molecule has 2 aromatic rings. The van der Waals surface area contributed by atoms with Gasteiger partial charge in [-0.1, -0.05) is 37.3 Å². The minimum Gasteiger partial charge on any atom is -0.484 e. The molecule has 22 heavy (non-hydrogen) atoms. The lowest BCUT2D eigenvalue weighted by atomic mass is 10.0. The van der Waals surface area contributed by atoms with E-state index in [-0.39, 0.29) is 24.2 Å². The molecule has 0 radical (unpaired) electrons. The molecule has 0 bridgehead atoms. The van der Waals surface area contributed by atoms with Crippen LogP contribution in [-0.4, -0.2) is 19.1 Å². The molecule has 0 saturated heterocycles. The number of amides is 1. The predicted molar refractivity (Wildman–Crippen MR) is 84.5 cm³/mol. The van der Waals surface area contributed by atoms with Gasteiger partial charge in [-0.15, -0.1) is 0 Å². The second kappa shape index (κ2) is 7.59. The zero-order valence-corrected chi connectivity index (χ0v) is 12.8. The molecule has 1 amide bonds. The molecule has 0 aliphatic heterocycles. The average Bonchev–Trinajstić information content (AvgIpc) is 2.52. The van der Waals surface area contributed by atoms with Gasteiger partial charge in [0.25, 0.3) is 5.91 Å². The summed E-state index contributed by atoms with van der Waals surface area (Å²) in [7, 11) is 0. The average molecular weight is 301 g/mol. The fourth-order valence-corrected chi connectivity index (χ4v) is 2.09.